The molecular formula is C32H40FN5O2. The summed E-state index contributed by atoms with van der Waals surface area (Å²) in [5.41, 5.74) is 3.06. The molecule has 2 bridgehead atoms. The number of hydrogen-bond acceptors (Lipinski definition) is 4. The van der Waals surface area contributed by atoms with Crippen molar-refractivity contribution in [2.24, 2.45) is 5.92 Å². The van der Waals surface area contributed by atoms with Crippen LogP contribution in [0.15, 0.2) is 42.9 Å². The number of hydrogen-bond donors (Lipinski definition) is 1. The SMILES string of the molecule is CC(C)N(C)C(=O)c1cc(F)ccc1-n1cc(C2CCCN(C(=O)[C@@H]3NC4CCC3CC4)CC2)c2ccncc21. The summed E-state index contributed by atoms with van der Waals surface area (Å²) in [6.07, 6.45) is 13.3. The van der Waals surface area contributed by atoms with Crippen molar-refractivity contribution >= 4 is 22.7 Å². The fourth-order valence-corrected chi connectivity index (χ4v) is 7.05. The quantitative estimate of drug-likeness (QED) is 0.474. The van der Waals surface area contributed by atoms with E-state index in [1.165, 1.54) is 43.4 Å². The van der Waals surface area contributed by atoms with Crippen molar-refractivity contribution in [2.75, 3.05) is 20.1 Å². The van der Waals surface area contributed by atoms with E-state index in [1.54, 1.807) is 24.2 Å². The lowest BCUT2D eigenvalue weighted by Gasteiger charge is -2.44. The molecule has 0 spiro atoms. The maximum atomic E-state index is 14.4. The number of benzene rings is 1. The second-order valence-corrected chi connectivity index (χ2v) is 12.2. The highest BCUT2D eigenvalue weighted by Gasteiger charge is 2.41. The molecule has 1 aliphatic carbocycles. The van der Waals surface area contributed by atoms with Gasteiger partial charge in [-0.2, -0.15) is 0 Å². The minimum Gasteiger partial charge on any atom is -0.341 e. The molecule has 212 valence electrons. The van der Waals surface area contributed by atoms with Gasteiger partial charge in [0, 0.05) is 50.0 Å². The van der Waals surface area contributed by atoms with Crippen molar-refractivity contribution < 1.29 is 14.0 Å². The minimum absolute atomic E-state index is 0.0158. The molecule has 2 amide bonds. The van der Waals surface area contributed by atoms with Crippen LogP contribution in [0.4, 0.5) is 4.39 Å². The molecule has 0 radical (unpaired) electrons. The molecule has 2 aromatic heterocycles. The average molecular weight is 546 g/mol. The smallest absolute Gasteiger partial charge is 0.256 e. The van der Waals surface area contributed by atoms with E-state index in [1.807, 2.05) is 30.7 Å². The predicted octanol–water partition coefficient (Wildman–Crippen LogP) is 5.27. The molecule has 1 saturated carbocycles. The number of carbonyl (C=O) groups is 2. The molecule has 4 fully saturated rings. The number of carbonyl (C=O) groups excluding carboxylic acids is 2. The first-order valence-electron chi connectivity index (χ1n) is 14.9. The van der Waals surface area contributed by atoms with Gasteiger partial charge in [0.05, 0.1) is 29.0 Å². The van der Waals surface area contributed by atoms with Gasteiger partial charge >= 0.3 is 0 Å². The second kappa shape index (κ2) is 11.0. The Morgan fingerprint density at radius 2 is 1.88 bits per heavy atom. The van der Waals surface area contributed by atoms with E-state index >= 15 is 0 Å². The molecule has 2 atom stereocenters. The molecule has 40 heavy (non-hydrogen) atoms. The number of halogens is 1. The van der Waals surface area contributed by atoms with Gasteiger partial charge in [-0.05, 0) is 100 Å². The summed E-state index contributed by atoms with van der Waals surface area (Å²) in [6.45, 7) is 5.43. The second-order valence-electron chi connectivity index (χ2n) is 12.2. The fraction of sp³-hybridized carbons (Fsp3) is 0.531. The lowest BCUT2D eigenvalue weighted by atomic mass is 9.76. The Bertz CT molecular complexity index is 1410. The molecule has 3 aliphatic heterocycles. The maximum absolute atomic E-state index is 14.4. The number of aromatic nitrogens is 2. The van der Waals surface area contributed by atoms with Crippen LogP contribution in [-0.2, 0) is 4.79 Å². The van der Waals surface area contributed by atoms with Crippen molar-refractivity contribution in [1.29, 1.82) is 0 Å². The first kappa shape index (κ1) is 26.9. The average Bonchev–Trinajstić information content (AvgIpc) is 3.18. The first-order valence-corrected chi connectivity index (χ1v) is 14.9. The van der Waals surface area contributed by atoms with E-state index in [2.05, 4.69) is 21.4 Å². The highest BCUT2D eigenvalue weighted by molar-refractivity contribution is 5.99. The third kappa shape index (κ3) is 4.91. The number of amides is 2. The van der Waals surface area contributed by atoms with Crippen LogP contribution in [0, 0.1) is 11.7 Å². The van der Waals surface area contributed by atoms with Gasteiger partial charge in [0.25, 0.3) is 5.91 Å². The van der Waals surface area contributed by atoms with Gasteiger partial charge in [-0.15, -0.1) is 0 Å². The van der Waals surface area contributed by atoms with Gasteiger partial charge in [-0.1, -0.05) is 0 Å². The molecule has 3 aromatic rings. The Kier molecular flexibility index (Phi) is 7.38. The first-order chi connectivity index (χ1) is 19.3. The summed E-state index contributed by atoms with van der Waals surface area (Å²) in [6, 6.07) is 6.92. The molecule has 1 N–H and O–H groups in total. The Balaban J connectivity index is 1.29. The van der Waals surface area contributed by atoms with Crippen LogP contribution in [-0.4, -0.2) is 69.4 Å². The molecule has 1 unspecified atom stereocenters. The van der Waals surface area contributed by atoms with Crippen molar-refractivity contribution in [1.82, 2.24) is 24.7 Å². The van der Waals surface area contributed by atoms with Crippen LogP contribution in [0.25, 0.3) is 16.6 Å². The molecule has 7 nitrogen and oxygen atoms in total. The standard InChI is InChI=1S/C32H40FN5O2/c1-20(2)36(3)31(39)26-17-23(33)8-11-28(26)38-19-27(25-12-14-34-18-29(25)38)21-5-4-15-37(16-13-21)32(40)30-22-6-9-24(35-30)10-7-22/h8,11-12,14,17-22,24,30,35H,4-7,9-10,13,15-16H2,1-3H3/t21?,22?,24?,30-/m1/s1. The number of rotatable bonds is 5. The molecule has 3 saturated heterocycles. The number of nitrogens with one attached hydrogen (secondary N) is 1. The predicted molar refractivity (Wildman–Crippen MR) is 154 cm³/mol. The molecule has 4 aliphatic rings. The van der Waals surface area contributed by atoms with E-state index in [-0.39, 0.29) is 29.8 Å². The largest absolute Gasteiger partial charge is 0.341 e. The number of fused-ring (bicyclic) bond motifs is 4. The van der Waals surface area contributed by atoms with Gasteiger partial charge in [-0.3, -0.25) is 14.6 Å². The number of nitrogens with zero attached hydrogens (tertiary/aromatic N) is 4. The third-order valence-electron chi connectivity index (χ3n) is 9.59. The van der Waals surface area contributed by atoms with Crippen molar-refractivity contribution in [3.8, 4) is 5.69 Å². The summed E-state index contributed by atoms with van der Waals surface area (Å²) in [7, 11) is 1.75. The van der Waals surface area contributed by atoms with Gasteiger partial charge in [0.2, 0.25) is 5.91 Å². The van der Waals surface area contributed by atoms with Crippen molar-refractivity contribution in [2.45, 2.75) is 82.8 Å². The zero-order valence-electron chi connectivity index (χ0n) is 23.8. The van der Waals surface area contributed by atoms with Gasteiger partial charge < -0.3 is 19.7 Å². The van der Waals surface area contributed by atoms with E-state index in [0.29, 0.717) is 23.2 Å². The summed E-state index contributed by atoms with van der Waals surface area (Å²) in [4.78, 5) is 35.1. The van der Waals surface area contributed by atoms with E-state index < -0.39 is 5.82 Å². The zero-order chi connectivity index (χ0) is 28.0. The van der Waals surface area contributed by atoms with Crippen LogP contribution < -0.4 is 5.32 Å². The van der Waals surface area contributed by atoms with Gasteiger partial charge in [-0.25, -0.2) is 4.39 Å². The number of likely N-dealkylation sites (tertiary alicyclic amines) is 1. The highest BCUT2D eigenvalue weighted by Crippen LogP contribution is 2.38. The van der Waals surface area contributed by atoms with Gasteiger partial charge in [0.15, 0.2) is 0 Å². The van der Waals surface area contributed by atoms with E-state index in [9.17, 15) is 14.0 Å². The number of piperidine rings is 2. The Morgan fingerprint density at radius 3 is 2.60 bits per heavy atom. The van der Waals surface area contributed by atoms with Crippen LogP contribution in [0.2, 0.25) is 0 Å². The monoisotopic (exact) mass is 545 g/mol. The molecule has 5 heterocycles. The Morgan fingerprint density at radius 1 is 1.07 bits per heavy atom. The normalized spacial score (nSPS) is 24.9. The maximum Gasteiger partial charge on any atom is 0.256 e. The summed E-state index contributed by atoms with van der Waals surface area (Å²) in [5, 5.41) is 4.72. The van der Waals surface area contributed by atoms with E-state index in [4.69, 9.17) is 0 Å². The molecule has 1 aromatic carbocycles. The highest BCUT2D eigenvalue weighted by atomic mass is 19.1. The van der Waals surface area contributed by atoms with Crippen LogP contribution in [0.3, 0.4) is 0 Å². The van der Waals surface area contributed by atoms with E-state index in [0.717, 1.165) is 43.3 Å². The lowest BCUT2D eigenvalue weighted by Crippen LogP contribution is -2.59. The third-order valence-corrected chi connectivity index (χ3v) is 9.59. The van der Waals surface area contributed by atoms with Crippen LogP contribution in [0.1, 0.15) is 80.6 Å². The Hall–Kier alpha value is -3.26. The van der Waals surface area contributed by atoms with Crippen LogP contribution >= 0.6 is 0 Å². The van der Waals surface area contributed by atoms with Gasteiger partial charge in [0.1, 0.15) is 5.82 Å². The fourth-order valence-electron chi connectivity index (χ4n) is 7.05. The van der Waals surface area contributed by atoms with Crippen LogP contribution in [0.5, 0.6) is 0 Å². The molecule has 7 rings (SSSR count). The summed E-state index contributed by atoms with van der Waals surface area (Å²) >= 11 is 0. The molecule has 8 heteroatoms. The Labute approximate surface area is 235 Å². The topological polar surface area (TPSA) is 70.5 Å². The van der Waals surface area contributed by atoms with Crippen molar-refractivity contribution in [3.05, 3.63) is 59.8 Å². The minimum atomic E-state index is -0.437. The molecular weight excluding hydrogens is 505 g/mol. The summed E-state index contributed by atoms with van der Waals surface area (Å²) < 4.78 is 16.4. The zero-order valence-corrected chi connectivity index (χ0v) is 23.8. The number of pyridine rings is 1. The van der Waals surface area contributed by atoms with Crippen molar-refractivity contribution in [3.63, 3.8) is 0 Å². The lowest BCUT2D eigenvalue weighted by molar-refractivity contribution is -0.137. The summed E-state index contributed by atoms with van der Waals surface area (Å²) in [5.74, 6) is 0.381.